The van der Waals surface area contributed by atoms with Crippen molar-refractivity contribution >= 4 is 9.84 Å². The van der Waals surface area contributed by atoms with Crippen LogP contribution in [0.3, 0.4) is 0 Å². The zero-order valence-corrected chi connectivity index (χ0v) is 8.65. The van der Waals surface area contributed by atoms with E-state index in [1.807, 2.05) is 0 Å². The first-order chi connectivity index (χ1) is 6.05. The normalized spacial score (nSPS) is 22.8. The van der Waals surface area contributed by atoms with Gasteiger partial charge in [0.2, 0.25) is 0 Å². The van der Waals surface area contributed by atoms with Gasteiger partial charge in [-0.1, -0.05) is 12.2 Å². The Kier molecular flexibility index (Phi) is 3.50. The summed E-state index contributed by atoms with van der Waals surface area (Å²) in [5.41, 5.74) is 6.53. The molecule has 1 aliphatic rings. The van der Waals surface area contributed by atoms with Crippen molar-refractivity contribution in [3.63, 3.8) is 0 Å². The molecule has 0 aromatic carbocycles. The van der Waals surface area contributed by atoms with Crippen LogP contribution in [-0.4, -0.2) is 26.5 Å². The fourth-order valence-electron chi connectivity index (χ4n) is 1.69. The van der Waals surface area contributed by atoms with Gasteiger partial charge in [0, 0.05) is 0 Å². The van der Waals surface area contributed by atoms with Crippen LogP contribution in [0.4, 0.5) is 0 Å². The van der Waals surface area contributed by atoms with Gasteiger partial charge in [-0.3, -0.25) is 0 Å². The van der Waals surface area contributed by atoms with Crippen molar-refractivity contribution in [2.45, 2.75) is 19.3 Å². The number of rotatable bonds is 3. The van der Waals surface area contributed by atoms with Gasteiger partial charge >= 0.3 is 0 Å². The van der Waals surface area contributed by atoms with Crippen LogP contribution >= 0.6 is 0 Å². The molecule has 1 aliphatic heterocycles. The zero-order chi connectivity index (χ0) is 9.90. The second-order valence-corrected chi connectivity index (χ2v) is 5.93. The number of nitrogens with two attached hydrogens (primary N) is 1. The van der Waals surface area contributed by atoms with Crippen molar-refractivity contribution < 1.29 is 8.42 Å². The standard InChI is InChI=1S/C9H17NO2S/c1-8(2-5-10)9-3-6-13(11,12)7-4-9/h9H,1-7,10H2. The van der Waals surface area contributed by atoms with E-state index in [0.29, 0.717) is 24.0 Å². The van der Waals surface area contributed by atoms with Crippen molar-refractivity contribution in [3.05, 3.63) is 12.2 Å². The highest BCUT2D eigenvalue weighted by molar-refractivity contribution is 7.91. The van der Waals surface area contributed by atoms with Crippen molar-refractivity contribution in [2.75, 3.05) is 18.1 Å². The third-order valence-corrected chi connectivity index (χ3v) is 4.31. The third-order valence-electron chi connectivity index (χ3n) is 2.60. The minimum Gasteiger partial charge on any atom is -0.330 e. The predicted octanol–water partition coefficient (Wildman–Crippen LogP) is 0.716. The first-order valence-corrected chi connectivity index (χ1v) is 6.45. The molecular formula is C9H17NO2S. The summed E-state index contributed by atoms with van der Waals surface area (Å²) >= 11 is 0. The Bertz CT molecular complexity index is 268. The molecule has 0 unspecified atom stereocenters. The van der Waals surface area contributed by atoms with Crippen molar-refractivity contribution in [1.82, 2.24) is 0 Å². The maximum atomic E-state index is 11.1. The van der Waals surface area contributed by atoms with Gasteiger partial charge in [-0.25, -0.2) is 8.42 Å². The molecule has 13 heavy (non-hydrogen) atoms. The topological polar surface area (TPSA) is 60.2 Å². The minimum atomic E-state index is -2.74. The molecule has 0 spiro atoms. The Balaban J connectivity index is 2.45. The van der Waals surface area contributed by atoms with E-state index < -0.39 is 9.84 Å². The number of hydrogen-bond donors (Lipinski definition) is 1. The van der Waals surface area contributed by atoms with Crippen LogP contribution < -0.4 is 5.73 Å². The molecule has 2 N–H and O–H groups in total. The molecule has 0 amide bonds. The fourth-order valence-corrected chi connectivity index (χ4v) is 3.18. The van der Waals surface area contributed by atoms with Crippen molar-refractivity contribution in [2.24, 2.45) is 11.7 Å². The summed E-state index contributed by atoms with van der Waals surface area (Å²) in [6.07, 6.45) is 2.30. The van der Waals surface area contributed by atoms with Crippen LogP contribution in [0.15, 0.2) is 12.2 Å². The van der Waals surface area contributed by atoms with Gasteiger partial charge in [-0.2, -0.15) is 0 Å². The summed E-state index contributed by atoms with van der Waals surface area (Å²) in [7, 11) is -2.74. The van der Waals surface area contributed by atoms with Crippen LogP contribution in [0.1, 0.15) is 19.3 Å². The van der Waals surface area contributed by atoms with E-state index in [4.69, 9.17) is 5.73 Å². The van der Waals surface area contributed by atoms with E-state index in [9.17, 15) is 8.42 Å². The molecule has 0 atom stereocenters. The summed E-state index contributed by atoms with van der Waals surface area (Å²) in [6, 6.07) is 0. The summed E-state index contributed by atoms with van der Waals surface area (Å²) < 4.78 is 22.2. The van der Waals surface area contributed by atoms with E-state index in [0.717, 1.165) is 24.8 Å². The fraction of sp³-hybridized carbons (Fsp3) is 0.778. The highest BCUT2D eigenvalue weighted by Crippen LogP contribution is 2.26. The molecule has 0 radical (unpaired) electrons. The first-order valence-electron chi connectivity index (χ1n) is 4.63. The lowest BCUT2D eigenvalue weighted by Gasteiger charge is -2.23. The molecule has 0 saturated carbocycles. The molecule has 1 fully saturated rings. The SMILES string of the molecule is C=C(CCN)C1CCS(=O)(=O)CC1. The van der Waals surface area contributed by atoms with Crippen LogP contribution in [-0.2, 0) is 9.84 Å². The average Bonchev–Trinajstić information content (AvgIpc) is 2.04. The maximum absolute atomic E-state index is 11.1. The van der Waals surface area contributed by atoms with Gasteiger partial charge in [-0.15, -0.1) is 0 Å². The monoisotopic (exact) mass is 203 g/mol. The Morgan fingerprint density at radius 3 is 2.38 bits per heavy atom. The van der Waals surface area contributed by atoms with E-state index in [1.54, 1.807) is 0 Å². The molecule has 0 aliphatic carbocycles. The quantitative estimate of drug-likeness (QED) is 0.687. The molecule has 4 heteroatoms. The Morgan fingerprint density at radius 2 is 1.92 bits per heavy atom. The lowest BCUT2D eigenvalue weighted by atomic mass is 9.92. The minimum absolute atomic E-state index is 0.321. The van der Waals surface area contributed by atoms with Gasteiger partial charge in [0.1, 0.15) is 9.84 Å². The Labute approximate surface area is 79.9 Å². The van der Waals surface area contributed by atoms with E-state index in [-0.39, 0.29) is 0 Å². The molecule has 0 aromatic heterocycles. The lowest BCUT2D eigenvalue weighted by molar-refractivity contribution is 0.509. The number of sulfone groups is 1. The molecule has 1 saturated heterocycles. The summed E-state index contributed by atoms with van der Waals surface area (Å²) in [6.45, 7) is 4.55. The second kappa shape index (κ2) is 4.24. The van der Waals surface area contributed by atoms with Gasteiger partial charge in [0.15, 0.2) is 0 Å². The first kappa shape index (κ1) is 10.7. The maximum Gasteiger partial charge on any atom is 0.150 e. The van der Waals surface area contributed by atoms with Gasteiger partial charge < -0.3 is 5.73 Å². The van der Waals surface area contributed by atoms with E-state index in [2.05, 4.69) is 6.58 Å². The highest BCUT2D eigenvalue weighted by atomic mass is 32.2. The van der Waals surface area contributed by atoms with Crippen molar-refractivity contribution in [3.8, 4) is 0 Å². The van der Waals surface area contributed by atoms with Gasteiger partial charge in [-0.05, 0) is 31.7 Å². The summed E-state index contributed by atoms with van der Waals surface area (Å²) in [5.74, 6) is 1.02. The van der Waals surface area contributed by atoms with Gasteiger partial charge in [0.25, 0.3) is 0 Å². The van der Waals surface area contributed by atoms with E-state index in [1.165, 1.54) is 0 Å². The largest absolute Gasteiger partial charge is 0.330 e. The highest BCUT2D eigenvalue weighted by Gasteiger charge is 2.24. The smallest absolute Gasteiger partial charge is 0.150 e. The Hall–Kier alpha value is -0.350. The Morgan fingerprint density at radius 1 is 1.38 bits per heavy atom. The van der Waals surface area contributed by atoms with Crippen LogP contribution in [0.25, 0.3) is 0 Å². The van der Waals surface area contributed by atoms with Crippen molar-refractivity contribution in [1.29, 1.82) is 0 Å². The predicted molar refractivity (Wildman–Crippen MR) is 54.2 cm³/mol. The summed E-state index contributed by atoms with van der Waals surface area (Å²) in [4.78, 5) is 0. The van der Waals surface area contributed by atoms with Crippen LogP contribution in [0.2, 0.25) is 0 Å². The second-order valence-electron chi connectivity index (χ2n) is 3.62. The molecule has 1 rings (SSSR count). The molecular weight excluding hydrogens is 186 g/mol. The zero-order valence-electron chi connectivity index (χ0n) is 7.83. The molecule has 0 aromatic rings. The van der Waals surface area contributed by atoms with Crippen LogP contribution in [0.5, 0.6) is 0 Å². The van der Waals surface area contributed by atoms with Crippen LogP contribution in [0, 0.1) is 5.92 Å². The third kappa shape index (κ3) is 3.12. The summed E-state index contributed by atoms with van der Waals surface area (Å²) in [5, 5.41) is 0. The average molecular weight is 203 g/mol. The molecule has 3 nitrogen and oxygen atoms in total. The van der Waals surface area contributed by atoms with E-state index >= 15 is 0 Å². The molecule has 76 valence electrons. The lowest BCUT2D eigenvalue weighted by Crippen LogP contribution is -2.24. The number of hydrogen-bond acceptors (Lipinski definition) is 3. The molecule has 0 bridgehead atoms. The van der Waals surface area contributed by atoms with Gasteiger partial charge in [0.05, 0.1) is 11.5 Å². The molecule has 1 heterocycles.